The lowest BCUT2D eigenvalue weighted by molar-refractivity contribution is 0.354. The lowest BCUT2D eigenvalue weighted by Crippen LogP contribution is -2.23. The van der Waals surface area contributed by atoms with Crippen molar-refractivity contribution in [2.24, 2.45) is 5.73 Å². The molecule has 0 aromatic heterocycles. The van der Waals surface area contributed by atoms with Crippen LogP contribution in [0, 0.1) is 0 Å². The minimum absolute atomic E-state index is 0.0519. The van der Waals surface area contributed by atoms with Gasteiger partial charge in [-0.3, -0.25) is 4.21 Å². The third kappa shape index (κ3) is 3.21. The molecule has 0 saturated heterocycles. The average molecular weight is 274 g/mol. The van der Waals surface area contributed by atoms with Crippen LogP contribution in [0.15, 0.2) is 12.1 Å². The Balaban J connectivity index is 2.18. The molecule has 0 radical (unpaired) electrons. The Bertz CT molecular complexity index is 448. The molecule has 0 aliphatic carbocycles. The molecule has 0 saturated carbocycles. The van der Waals surface area contributed by atoms with Gasteiger partial charge in [-0.05, 0) is 24.6 Å². The maximum atomic E-state index is 11.9. The predicted octanol–water partition coefficient (Wildman–Crippen LogP) is 1.87. The first-order valence-electron chi connectivity index (χ1n) is 5.61. The van der Waals surface area contributed by atoms with Gasteiger partial charge in [0.05, 0.1) is 12.4 Å². The third-order valence-corrected chi connectivity index (χ3v) is 4.34. The molecule has 0 amide bonds. The summed E-state index contributed by atoms with van der Waals surface area (Å²) in [4.78, 5) is 0. The van der Waals surface area contributed by atoms with E-state index in [4.69, 9.17) is 22.1 Å². The van der Waals surface area contributed by atoms with E-state index in [1.165, 1.54) is 0 Å². The van der Waals surface area contributed by atoms with Gasteiger partial charge in [-0.15, -0.1) is 0 Å². The SMILES string of the molecule is CC(N)CS(=O)Cc1cc(Cl)cc2c1OCC2. The number of hydrogen-bond acceptors (Lipinski definition) is 3. The molecular formula is C12H16ClNO2S. The first-order chi connectivity index (χ1) is 8.06. The molecule has 3 nitrogen and oxygen atoms in total. The van der Waals surface area contributed by atoms with Crippen molar-refractivity contribution in [2.75, 3.05) is 12.4 Å². The zero-order valence-corrected chi connectivity index (χ0v) is 11.3. The fraction of sp³-hybridized carbons (Fsp3) is 0.500. The molecule has 1 aromatic rings. The Morgan fingerprint density at radius 2 is 2.35 bits per heavy atom. The average Bonchev–Trinajstić information content (AvgIpc) is 2.63. The number of benzene rings is 1. The number of hydrogen-bond donors (Lipinski definition) is 1. The molecule has 2 unspecified atom stereocenters. The second kappa shape index (κ2) is 5.38. The van der Waals surface area contributed by atoms with Crippen LogP contribution in [-0.4, -0.2) is 22.6 Å². The number of fused-ring (bicyclic) bond motifs is 1. The van der Waals surface area contributed by atoms with Crippen LogP contribution in [-0.2, 0) is 23.0 Å². The maximum absolute atomic E-state index is 11.9. The fourth-order valence-electron chi connectivity index (χ4n) is 1.98. The van der Waals surface area contributed by atoms with Gasteiger partial charge in [-0.25, -0.2) is 0 Å². The smallest absolute Gasteiger partial charge is 0.126 e. The van der Waals surface area contributed by atoms with Gasteiger partial charge in [0, 0.05) is 39.6 Å². The Labute approximate surface area is 109 Å². The van der Waals surface area contributed by atoms with Crippen LogP contribution < -0.4 is 10.5 Å². The Kier molecular flexibility index (Phi) is 4.07. The first kappa shape index (κ1) is 12.9. The summed E-state index contributed by atoms with van der Waals surface area (Å²) >= 11 is 6.04. The minimum Gasteiger partial charge on any atom is -0.493 e. The standard InChI is InChI=1S/C12H16ClNO2S/c1-8(14)6-17(15)7-10-5-11(13)4-9-2-3-16-12(9)10/h4-5,8H,2-3,6-7,14H2,1H3. The number of ether oxygens (including phenoxy) is 1. The fourth-order valence-corrected chi connectivity index (χ4v) is 3.51. The largest absolute Gasteiger partial charge is 0.493 e. The van der Waals surface area contributed by atoms with Gasteiger partial charge in [-0.2, -0.15) is 0 Å². The zero-order valence-electron chi connectivity index (χ0n) is 9.74. The highest BCUT2D eigenvalue weighted by Crippen LogP contribution is 2.33. The maximum Gasteiger partial charge on any atom is 0.126 e. The van der Waals surface area contributed by atoms with Gasteiger partial charge in [0.25, 0.3) is 0 Å². The summed E-state index contributed by atoms with van der Waals surface area (Å²) in [6.45, 7) is 2.54. The summed E-state index contributed by atoms with van der Waals surface area (Å²) in [6.07, 6.45) is 0.878. The molecule has 1 aliphatic rings. The van der Waals surface area contributed by atoms with Crippen LogP contribution in [0.5, 0.6) is 5.75 Å². The summed E-state index contributed by atoms with van der Waals surface area (Å²) < 4.78 is 17.4. The van der Waals surface area contributed by atoms with E-state index in [1.807, 2.05) is 19.1 Å². The molecule has 2 N–H and O–H groups in total. The van der Waals surface area contributed by atoms with Gasteiger partial charge in [0.15, 0.2) is 0 Å². The molecule has 1 aromatic carbocycles. The van der Waals surface area contributed by atoms with Crippen molar-refractivity contribution in [3.63, 3.8) is 0 Å². The van der Waals surface area contributed by atoms with E-state index >= 15 is 0 Å². The van der Waals surface area contributed by atoms with Crippen LogP contribution in [0.1, 0.15) is 18.1 Å². The highest BCUT2D eigenvalue weighted by atomic mass is 35.5. The second-order valence-corrected chi connectivity index (χ2v) is 6.32. The third-order valence-electron chi connectivity index (χ3n) is 2.59. The topological polar surface area (TPSA) is 52.3 Å². The van der Waals surface area contributed by atoms with Gasteiger partial charge < -0.3 is 10.5 Å². The molecular weight excluding hydrogens is 258 g/mol. The van der Waals surface area contributed by atoms with E-state index in [9.17, 15) is 4.21 Å². The van der Waals surface area contributed by atoms with Gasteiger partial charge >= 0.3 is 0 Å². The molecule has 1 heterocycles. The zero-order chi connectivity index (χ0) is 12.4. The van der Waals surface area contributed by atoms with Crippen molar-refractivity contribution in [1.82, 2.24) is 0 Å². The Morgan fingerprint density at radius 1 is 1.59 bits per heavy atom. The highest BCUT2D eigenvalue weighted by molar-refractivity contribution is 7.84. The number of rotatable bonds is 4. The van der Waals surface area contributed by atoms with Crippen molar-refractivity contribution in [3.8, 4) is 5.75 Å². The highest BCUT2D eigenvalue weighted by Gasteiger charge is 2.19. The van der Waals surface area contributed by atoms with Crippen LogP contribution in [0.2, 0.25) is 5.02 Å². The summed E-state index contributed by atoms with van der Waals surface area (Å²) in [5.74, 6) is 1.83. The summed E-state index contributed by atoms with van der Waals surface area (Å²) in [5.41, 5.74) is 7.69. The molecule has 17 heavy (non-hydrogen) atoms. The van der Waals surface area contributed by atoms with E-state index in [0.717, 1.165) is 23.3 Å². The van der Waals surface area contributed by atoms with Crippen LogP contribution >= 0.6 is 11.6 Å². The van der Waals surface area contributed by atoms with Crippen molar-refractivity contribution < 1.29 is 8.95 Å². The molecule has 2 atom stereocenters. The van der Waals surface area contributed by atoms with Crippen molar-refractivity contribution in [1.29, 1.82) is 0 Å². The van der Waals surface area contributed by atoms with E-state index in [1.54, 1.807) is 0 Å². The molecule has 94 valence electrons. The summed E-state index contributed by atoms with van der Waals surface area (Å²) in [5, 5.41) is 0.682. The van der Waals surface area contributed by atoms with Crippen molar-refractivity contribution in [3.05, 3.63) is 28.3 Å². The monoisotopic (exact) mass is 273 g/mol. The molecule has 1 aliphatic heterocycles. The van der Waals surface area contributed by atoms with Crippen molar-refractivity contribution in [2.45, 2.75) is 25.1 Å². The van der Waals surface area contributed by atoms with Crippen LogP contribution in [0.4, 0.5) is 0 Å². The minimum atomic E-state index is -0.965. The van der Waals surface area contributed by atoms with Gasteiger partial charge in [0.1, 0.15) is 5.75 Å². The van der Waals surface area contributed by atoms with Crippen LogP contribution in [0.25, 0.3) is 0 Å². The van der Waals surface area contributed by atoms with E-state index in [2.05, 4.69) is 0 Å². The normalized spacial score (nSPS) is 17.4. The lowest BCUT2D eigenvalue weighted by atomic mass is 10.1. The van der Waals surface area contributed by atoms with Crippen LogP contribution in [0.3, 0.4) is 0 Å². The van der Waals surface area contributed by atoms with Gasteiger partial charge in [-0.1, -0.05) is 11.6 Å². The molecule has 0 spiro atoms. The molecule has 0 fully saturated rings. The van der Waals surface area contributed by atoms with E-state index < -0.39 is 10.8 Å². The number of nitrogens with two attached hydrogens (primary N) is 1. The lowest BCUT2D eigenvalue weighted by Gasteiger charge is -2.10. The first-order valence-corrected chi connectivity index (χ1v) is 7.47. The van der Waals surface area contributed by atoms with Gasteiger partial charge in [0.2, 0.25) is 0 Å². The molecule has 2 rings (SSSR count). The quantitative estimate of drug-likeness (QED) is 0.911. The number of halogens is 1. The predicted molar refractivity (Wildman–Crippen MR) is 71.0 cm³/mol. The molecule has 0 bridgehead atoms. The molecule has 5 heteroatoms. The Hall–Kier alpha value is -0.580. The van der Waals surface area contributed by atoms with Crippen molar-refractivity contribution >= 4 is 22.4 Å². The summed E-state index contributed by atoms with van der Waals surface area (Å²) in [7, 11) is -0.965. The van der Waals surface area contributed by atoms with E-state index in [-0.39, 0.29) is 6.04 Å². The summed E-state index contributed by atoms with van der Waals surface area (Å²) in [6, 6.07) is 3.70. The second-order valence-electron chi connectivity index (χ2n) is 4.38. The van der Waals surface area contributed by atoms with E-state index in [0.29, 0.717) is 23.1 Å². The Morgan fingerprint density at radius 3 is 3.06 bits per heavy atom.